The lowest BCUT2D eigenvalue weighted by molar-refractivity contribution is -0.143. The van der Waals surface area contributed by atoms with Crippen LogP contribution in [-0.2, 0) is 9.53 Å². The van der Waals surface area contributed by atoms with Crippen molar-refractivity contribution in [3.63, 3.8) is 0 Å². The van der Waals surface area contributed by atoms with E-state index < -0.39 is 5.60 Å². The number of hydrogen-bond acceptors (Lipinski definition) is 5. The Morgan fingerprint density at radius 1 is 1.17 bits per heavy atom. The highest BCUT2D eigenvalue weighted by Gasteiger charge is 2.36. The third kappa shape index (κ3) is 4.24. The summed E-state index contributed by atoms with van der Waals surface area (Å²) < 4.78 is 5.51. The smallest absolute Gasteiger partial charge is 0.251 e. The molecule has 3 aliphatic heterocycles. The molecule has 0 saturated carbocycles. The Morgan fingerprint density at radius 2 is 1.96 bits per heavy atom. The quantitative estimate of drug-likeness (QED) is 0.798. The Bertz CT molecular complexity index is 406. The number of amides is 1. The van der Waals surface area contributed by atoms with Gasteiger partial charge >= 0.3 is 0 Å². The molecule has 0 unspecified atom stereocenters. The number of ether oxygens (including phenoxy) is 1. The first-order valence-electron chi connectivity index (χ1n) is 9.17. The number of β-amino-alcohol motifs (C(OH)–C–C–N with tert-alkyl or cyclic N) is 1. The Hall–Kier alpha value is -0.690. The zero-order valence-corrected chi connectivity index (χ0v) is 14.4. The van der Waals surface area contributed by atoms with Crippen molar-refractivity contribution >= 4 is 5.91 Å². The zero-order chi connectivity index (χ0) is 16.3. The van der Waals surface area contributed by atoms with Crippen LogP contribution in [0, 0.1) is 0 Å². The summed E-state index contributed by atoms with van der Waals surface area (Å²) >= 11 is 0. The summed E-state index contributed by atoms with van der Waals surface area (Å²) in [6.07, 6.45) is 3.62. The fraction of sp³-hybridized carbons (Fsp3) is 0.941. The number of hydrogen-bond donors (Lipinski definition) is 1. The van der Waals surface area contributed by atoms with Crippen molar-refractivity contribution in [2.75, 3.05) is 59.0 Å². The molecule has 0 radical (unpaired) electrons. The molecular formula is C17H31N3O3. The molecular weight excluding hydrogens is 294 g/mol. The minimum absolute atomic E-state index is 0.163. The first-order chi connectivity index (χ1) is 11.1. The lowest BCUT2D eigenvalue weighted by atomic mass is 9.92. The van der Waals surface area contributed by atoms with Gasteiger partial charge in [-0.1, -0.05) is 6.92 Å². The normalized spacial score (nSPS) is 34.0. The van der Waals surface area contributed by atoms with E-state index in [9.17, 15) is 9.90 Å². The van der Waals surface area contributed by atoms with Crippen molar-refractivity contribution in [3.05, 3.63) is 0 Å². The molecule has 3 heterocycles. The number of likely N-dealkylation sites (N-methyl/N-ethyl adjacent to an activating group) is 1. The predicted molar refractivity (Wildman–Crippen MR) is 88.3 cm³/mol. The fourth-order valence-corrected chi connectivity index (χ4v) is 4.12. The van der Waals surface area contributed by atoms with Gasteiger partial charge in [0.05, 0.1) is 5.60 Å². The minimum atomic E-state index is -0.588. The molecule has 0 aromatic carbocycles. The second-order valence-corrected chi connectivity index (χ2v) is 7.30. The summed E-state index contributed by atoms with van der Waals surface area (Å²) in [6.45, 7) is 9.70. The molecule has 23 heavy (non-hydrogen) atoms. The van der Waals surface area contributed by atoms with Crippen molar-refractivity contribution in [2.45, 2.75) is 44.3 Å². The van der Waals surface area contributed by atoms with E-state index in [0.717, 1.165) is 84.6 Å². The highest BCUT2D eigenvalue weighted by molar-refractivity contribution is 5.81. The molecule has 0 aromatic heterocycles. The van der Waals surface area contributed by atoms with Crippen molar-refractivity contribution in [1.29, 1.82) is 0 Å². The Kier molecular flexibility index (Phi) is 5.57. The average molecular weight is 325 g/mol. The topological polar surface area (TPSA) is 56.2 Å². The van der Waals surface area contributed by atoms with E-state index in [0.29, 0.717) is 0 Å². The summed E-state index contributed by atoms with van der Waals surface area (Å²) in [4.78, 5) is 19.0. The van der Waals surface area contributed by atoms with Gasteiger partial charge in [0.25, 0.3) is 5.91 Å². The monoisotopic (exact) mass is 325 g/mol. The number of rotatable bonds is 4. The number of piperazine rings is 1. The maximum Gasteiger partial charge on any atom is 0.251 e. The van der Waals surface area contributed by atoms with E-state index in [4.69, 9.17) is 4.74 Å². The number of carbonyl (C=O) groups is 1. The number of piperidine rings is 1. The number of likely N-dealkylation sites (tertiary alicyclic amines) is 1. The molecule has 3 aliphatic rings. The molecule has 3 rings (SSSR count). The largest absolute Gasteiger partial charge is 0.387 e. The third-order valence-corrected chi connectivity index (χ3v) is 5.49. The van der Waals surface area contributed by atoms with Crippen molar-refractivity contribution in [3.8, 4) is 0 Å². The second-order valence-electron chi connectivity index (χ2n) is 7.30. The van der Waals surface area contributed by atoms with Gasteiger partial charge in [0.2, 0.25) is 0 Å². The second kappa shape index (κ2) is 7.47. The van der Waals surface area contributed by atoms with Crippen LogP contribution in [0.5, 0.6) is 0 Å². The summed E-state index contributed by atoms with van der Waals surface area (Å²) in [5.74, 6) is 0.163. The van der Waals surface area contributed by atoms with Gasteiger partial charge in [0.1, 0.15) is 6.10 Å². The van der Waals surface area contributed by atoms with Crippen LogP contribution in [0.15, 0.2) is 0 Å². The van der Waals surface area contributed by atoms with Crippen LogP contribution < -0.4 is 0 Å². The molecule has 0 aromatic rings. The molecule has 132 valence electrons. The molecule has 2 atom stereocenters. The van der Waals surface area contributed by atoms with Crippen LogP contribution in [0.1, 0.15) is 32.6 Å². The standard InChI is InChI=1S/C17H31N3O3/c1-2-18-7-4-6-17(22,13-18)14-19-8-10-20(11-9-19)16(21)15-5-3-12-23-15/h15,22H,2-14H2,1H3/t15-,17-/m0/s1. The predicted octanol–water partition coefficient (Wildman–Crippen LogP) is 0.156. The molecule has 0 aliphatic carbocycles. The van der Waals surface area contributed by atoms with Crippen LogP contribution >= 0.6 is 0 Å². The van der Waals surface area contributed by atoms with Gasteiger partial charge in [0.15, 0.2) is 0 Å². The van der Waals surface area contributed by atoms with Crippen molar-refractivity contribution < 1.29 is 14.6 Å². The lowest BCUT2D eigenvalue weighted by Crippen LogP contribution is -2.58. The molecule has 6 nitrogen and oxygen atoms in total. The van der Waals surface area contributed by atoms with Crippen molar-refractivity contribution in [1.82, 2.24) is 14.7 Å². The van der Waals surface area contributed by atoms with Gasteiger partial charge in [-0.05, 0) is 38.8 Å². The summed E-state index contributed by atoms with van der Waals surface area (Å²) in [5, 5.41) is 10.9. The van der Waals surface area contributed by atoms with Gasteiger partial charge in [-0.25, -0.2) is 0 Å². The summed E-state index contributed by atoms with van der Waals surface area (Å²) in [5.41, 5.74) is -0.588. The molecule has 3 fully saturated rings. The van der Waals surface area contributed by atoms with E-state index in [1.54, 1.807) is 0 Å². The molecule has 1 amide bonds. The molecule has 6 heteroatoms. The maximum absolute atomic E-state index is 12.4. The van der Waals surface area contributed by atoms with Gasteiger partial charge in [-0.15, -0.1) is 0 Å². The van der Waals surface area contributed by atoms with Gasteiger partial charge in [-0.3, -0.25) is 9.69 Å². The van der Waals surface area contributed by atoms with Gasteiger partial charge in [0, 0.05) is 45.9 Å². The maximum atomic E-state index is 12.4. The van der Waals surface area contributed by atoms with Gasteiger partial charge < -0.3 is 19.6 Å². The fourth-order valence-electron chi connectivity index (χ4n) is 4.12. The number of aliphatic hydroxyl groups is 1. The van der Waals surface area contributed by atoms with E-state index in [2.05, 4.69) is 16.7 Å². The Balaban J connectivity index is 1.46. The van der Waals surface area contributed by atoms with Crippen LogP contribution in [-0.4, -0.2) is 96.4 Å². The average Bonchev–Trinajstić information content (AvgIpc) is 3.09. The summed E-state index contributed by atoms with van der Waals surface area (Å²) in [7, 11) is 0. The van der Waals surface area contributed by atoms with Crippen LogP contribution in [0.3, 0.4) is 0 Å². The van der Waals surface area contributed by atoms with E-state index >= 15 is 0 Å². The SMILES string of the molecule is CCN1CCC[C@@](O)(CN2CCN(C(=O)[C@@H]3CCCO3)CC2)C1. The molecule has 3 saturated heterocycles. The minimum Gasteiger partial charge on any atom is -0.387 e. The molecule has 1 N–H and O–H groups in total. The summed E-state index contributed by atoms with van der Waals surface area (Å²) in [6, 6.07) is 0. The zero-order valence-electron chi connectivity index (χ0n) is 14.4. The first-order valence-corrected chi connectivity index (χ1v) is 9.17. The van der Waals surface area contributed by atoms with E-state index in [-0.39, 0.29) is 12.0 Å². The van der Waals surface area contributed by atoms with Crippen molar-refractivity contribution in [2.24, 2.45) is 0 Å². The van der Waals surface area contributed by atoms with Crippen LogP contribution in [0.4, 0.5) is 0 Å². The lowest BCUT2D eigenvalue weighted by Gasteiger charge is -2.44. The van der Waals surface area contributed by atoms with Gasteiger partial charge in [-0.2, -0.15) is 0 Å². The number of nitrogens with zero attached hydrogens (tertiary/aromatic N) is 3. The first kappa shape index (κ1) is 17.1. The molecule has 0 spiro atoms. The van der Waals surface area contributed by atoms with Crippen LogP contribution in [0.25, 0.3) is 0 Å². The Labute approximate surface area is 139 Å². The highest BCUT2D eigenvalue weighted by Crippen LogP contribution is 2.23. The number of carbonyl (C=O) groups excluding carboxylic acids is 1. The molecule has 0 bridgehead atoms. The highest BCUT2D eigenvalue weighted by atomic mass is 16.5. The van der Waals surface area contributed by atoms with Crippen LogP contribution in [0.2, 0.25) is 0 Å². The Morgan fingerprint density at radius 3 is 2.61 bits per heavy atom. The van der Waals surface area contributed by atoms with E-state index in [1.165, 1.54) is 0 Å². The third-order valence-electron chi connectivity index (χ3n) is 5.49. The van der Waals surface area contributed by atoms with E-state index in [1.807, 2.05) is 4.90 Å².